The van der Waals surface area contributed by atoms with Gasteiger partial charge in [-0.3, -0.25) is 4.79 Å². The number of piperidine rings is 1. The van der Waals surface area contributed by atoms with E-state index < -0.39 is 0 Å². The minimum atomic E-state index is 0. The van der Waals surface area contributed by atoms with Crippen LogP contribution in [0.4, 0.5) is 0 Å². The van der Waals surface area contributed by atoms with Gasteiger partial charge >= 0.3 is 0 Å². The first-order valence-electron chi connectivity index (χ1n) is 8.00. The van der Waals surface area contributed by atoms with Gasteiger partial charge in [0.05, 0.1) is 12.0 Å². The van der Waals surface area contributed by atoms with Gasteiger partial charge in [-0.2, -0.15) is 0 Å². The highest BCUT2D eigenvalue weighted by Gasteiger charge is 2.31. The van der Waals surface area contributed by atoms with Crippen LogP contribution in [0.2, 0.25) is 5.02 Å². The van der Waals surface area contributed by atoms with E-state index in [2.05, 4.69) is 10.6 Å². The van der Waals surface area contributed by atoms with Crippen molar-refractivity contribution < 1.29 is 4.79 Å². The van der Waals surface area contributed by atoms with Crippen molar-refractivity contribution in [3.05, 3.63) is 34.9 Å². The number of halogens is 2. The number of rotatable bonds is 4. The van der Waals surface area contributed by atoms with E-state index in [1.54, 1.807) is 0 Å². The molecule has 0 radical (unpaired) electrons. The third-order valence-electron chi connectivity index (χ3n) is 4.82. The van der Waals surface area contributed by atoms with Crippen LogP contribution in [-0.4, -0.2) is 19.0 Å². The van der Waals surface area contributed by atoms with Gasteiger partial charge in [-0.1, -0.05) is 30.2 Å². The molecule has 2 N–H and O–H groups in total. The summed E-state index contributed by atoms with van der Waals surface area (Å²) in [5.74, 6) is 0.898. The molecule has 0 aromatic heterocycles. The minimum Gasteiger partial charge on any atom is -0.349 e. The standard InChI is InChI=1S/C17H23ClN2O.ClH/c18-15-8-6-13(7-9-15)16(12-3-1-4-12)20-17(21)14-5-2-10-19-11-14;/h6-9,12,14,16,19H,1-5,10-11H2,(H,20,21);1H. The predicted molar refractivity (Wildman–Crippen MR) is 92.5 cm³/mol. The summed E-state index contributed by atoms with van der Waals surface area (Å²) in [5.41, 5.74) is 1.18. The lowest BCUT2D eigenvalue weighted by Gasteiger charge is -2.36. The van der Waals surface area contributed by atoms with E-state index >= 15 is 0 Å². The molecule has 1 aromatic rings. The highest BCUT2D eigenvalue weighted by atomic mass is 35.5. The second kappa shape index (κ2) is 8.19. The number of carbonyl (C=O) groups is 1. The molecule has 2 atom stereocenters. The fraction of sp³-hybridized carbons (Fsp3) is 0.588. The van der Waals surface area contributed by atoms with Gasteiger partial charge in [-0.15, -0.1) is 12.4 Å². The SMILES string of the molecule is Cl.O=C(NC(c1ccc(Cl)cc1)C1CCC1)C1CCCNC1. The van der Waals surface area contributed by atoms with Crippen LogP contribution in [0.25, 0.3) is 0 Å². The number of hydrogen-bond acceptors (Lipinski definition) is 2. The van der Waals surface area contributed by atoms with Crippen molar-refractivity contribution in [1.29, 1.82) is 0 Å². The van der Waals surface area contributed by atoms with Crippen molar-refractivity contribution in [3.8, 4) is 0 Å². The lowest BCUT2D eigenvalue weighted by Crippen LogP contribution is -2.44. The highest BCUT2D eigenvalue weighted by Crippen LogP contribution is 2.38. The fourth-order valence-electron chi connectivity index (χ4n) is 3.26. The molecule has 2 fully saturated rings. The van der Waals surface area contributed by atoms with Gasteiger partial charge in [0.1, 0.15) is 0 Å². The summed E-state index contributed by atoms with van der Waals surface area (Å²) in [4.78, 5) is 12.5. The van der Waals surface area contributed by atoms with E-state index in [0.29, 0.717) is 5.92 Å². The molecule has 122 valence electrons. The first-order valence-corrected chi connectivity index (χ1v) is 8.38. The number of amides is 1. The summed E-state index contributed by atoms with van der Waals surface area (Å²) in [5, 5.41) is 7.36. The molecule has 22 heavy (non-hydrogen) atoms. The second-order valence-corrected chi connectivity index (χ2v) is 6.71. The maximum absolute atomic E-state index is 12.5. The van der Waals surface area contributed by atoms with E-state index in [4.69, 9.17) is 11.6 Å². The summed E-state index contributed by atoms with van der Waals surface area (Å²) >= 11 is 5.98. The number of benzene rings is 1. The van der Waals surface area contributed by atoms with Crippen molar-refractivity contribution in [2.75, 3.05) is 13.1 Å². The molecule has 3 rings (SSSR count). The zero-order chi connectivity index (χ0) is 14.7. The van der Waals surface area contributed by atoms with Crippen LogP contribution in [0.1, 0.15) is 43.7 Å². The van der Waals surface area contributed by atoms with Gasteiger partial charge in [-0.25, -0.2) is 0 Å². The molecule has 2 aliphatic rings. The molecule has 3 nitrogen and oxygen atoms in total. The summed E-state index contributed by atoms with van der Waals surface area (Å²) < 4.78 is 0. The average molecular weight is 343 g/mol. The lowest BCUT2D eigenvalue weighted by atomic mass is 9.77. The van der Waals surface area contributed by atoms with Gasteiger partial charge in [-0.05, 0) is 55.8 Å². The topological polar surface area (TPSA) is 41.1 Å². The maximum Gasteiger partial charge on any atom is 0.224 e. The Hall–Kier alpha value is -0.770. The van der Waals surface area contributed by atoms with E-state index in [0.717, 1.165) is 31.0 Å². The molecule has 1 amide bonds. The largest absolute Gasteiger partial charge is 0.349 e. The second-order valence-electron chi connectivity index (χ2n) is 6.27. The van der Waals surface area contributed by atoms with E-state index in [1.165, 1.54) is 24.8 Å². The molecule has 0 spiro atoms. The molecule has 1 saturated carbocycles. The van der Waals surface area contributed by atoms with Gasteiger partial charge in [0.2, 0.25) is 5.91 Å². The Labute approximate surface area is 143 Å². The van der Waals surface area contributed by atoms with Crippen LogP contribution in [-0.2, 0) is 4.79 Å². The van der Waals surface area contributed by atoms with Crippen molar-refractivity contribution in [3.63, 3.8) is 0 Å². The molecule has 1 saturated heterocycles. The zero-order valence-electron chi connectivity index (χ0n) is 12.7. The van der Waals surface area contributed by atoms with Gasteiger partial charge < -0.3 is 10.6 Å². The van der Waals surface area contributed by atoms with Crippen LogP contribution in [0, 0.1) is 11.8 Å². The monoisotopic (exact) mass is 342 g/mol. The summed E-state index contributed by atoms with van der Waals surface area (Å²) in [6.45, 7) is 1.84. The third kappa shape index (κ3) is 4.15. The Morgan fingerprint density at radius 1 is 1.18 bits per heavy atom. The highest BCUT2D eigenvalue weighted by molar-refractivity contribution is 6.30. The first kappa shape index (κ1) is 17.6. The van der Waals surface area contributed by atoms with Crippen LogP contribution in [0.5, 0.6) is 0 Å². The van der Waals surface area contributed by atoms with Crippen molar-refractivity contribution >= 4 is 29.9 Å². The van der Waals surface area contributed by atoms with Crippen LogP contribution < -0.4 is 10.6 Å². The molecule has 2 unspecified atom stereocenters. The number of hydrogen-bond donors (Lipinski definition) is 2. The molecule has 5 heteroatoms. The van der Waals surface area contributed by atoms with E-state index in [1.807, 2.05) is 24.3 Å². The molecule has 1 aromatic carbocycles. The molecular formula is C17H24Cl2N2O. The number of carbonyl (C=O) groups excluding carboxylic acids is 1. The summed E-state index contributed by atoms with van der Waals surface area (Å²) in [7, 11) is 0. The Kier molecular flexibility index (Phi) is 6.54. The normalized spacial score (nSPS) is 23.0. The third-order valence-corrected chi connectivity index (χ3v) is 5.07. The fourth-order valence-corrected chi connectivity index (χ4v) is 3.39. The first-order chi connectivity index (χ1) is 10.2. The molecule has 1 aliphatic heterocycles. The van der Waals surface area contributed by atoms with Crippen LogP contribution >= 0.6 is 24.0 Å². The molecule has 0 bridgehead atoms. The van der Waals surface area contributed by atoms with Gasteiger partial charge in [0.15, 0.2) is 0 Å². The smallest absolute Gasteiger partial charge is 0.224 e. The molecule has 1 heterocycles. The van der Waals surface area contributed by atoms with Gasteiger partial charge in [0, 0.05) is 11.6 Å². The molecular weight excluding hydrogens is 319 g/mol. The Morgan fingerprint density at radius 3 is 2.45 bits per heavy atom. The Balaban J connectivity index is 0.00000176. The quantitative estimate of drug-likeness (QED) is 0.875. The van der Waals surface area contributed by atoms with Crippen molar-refractivity contribution in [1.82, 2.24) is 10.6 Å². The van der Waals surface area contributed by atoms with E-state index in [9.17, 15) is 4.79 Å². The molecule has 1 aliphatic carbocycles. The lowest BCUT2D eigenvalue weighted by molar-refractivity contribution is -0.126. The van der Waals surface area contributed by atoms with Crippen LogP contribution in [0.15, 0.2) is 24.3 Å². The van der Waals surface area contributed by atoms with Crippen LogP contribution in [0.3, 0.4) is 0 Å². The Bertz CT molecular complexity index is 482. The average Bonchev–Trinajstić information content (AvgIpc) is 2.46. The number of nitrogens with one attached hydrogen (secondary N) is 2. The predicted octanol–water partition coefficient (Wildman–Crippen LogP) is 3.72. The zero-order valence-corrected chi connectivity index (χ0v) is 14.3. The summed E-state index contributed by atoms with van der Waals surface area (Å²) in [6.07, 6.45) is 5.77. The summed E-state index contributed by atoms with van der Waals surface area (Å²) in [6, 6.07) is 8.06. The van der Waals surface area contributed by atoms with E-state index in [-0.39, 0.29) is 30.3 Å². The van der Waals surface area contributed by atoms with Crippen molar-refractivity contribution in [2.24, 2.45) is 11.8 Å². The van der Waals surface area contributed by atoms with Gasteiger partial charge in [0.25, 0.3) is 0 Å². The maximum atomic E-state index is 12.5. The van der Waals surface area contributed by atoms with Crippen molar-refractivity contribution in [2.45, 2.75) is 38.1 Å². The minimum absolute atomic E-state index is 0. The Morgan fingerprint density at radius 2 is 1.91 bits per heavy atom.